The van der Waals surface area contributed by atoms with E-state index in [1.807, 2.05) is 12.1 Å². The summed E-state index contributed by atoms with van der Waals surface area (Å²) >= 11 is 0. The molecular formula is C20H16FN5O. The van der Waals surface area contributed by atoms with Crippen LogP contribution in [0.1, 0.15) is 40.5 Å². The maximum Gasteiger partial charge on any atom is 0.181 e. The van der Waals surface area contributed by atoms with Gasteiger partial charge in [0, 0.05) is 16.9 Å². The van der Waals surface area contributed by atoms with Crippen molar-refractivity contribution in [2.24, 2.45) is 0 Å². The van der Waals surface area contributed by atoms with E-state index < -0.39 is 5.82 Å². The third kappa shape index (κ3) is 2.91. The molecule has 0 bridgehead atoms. The molecule has 0 fully saturated rings. The predicted octanol–water partition coefficient (Wildman–Crippen LogP) is 3.78. The fourth-order valence-corrected chi connectivity index (χ4v) is 3.43. The number of fused-ring (bicyclic) bond motifs is 1. The Hall–Kier alpha value is -3.66. The standard InChI is InChI=1S/C20H16FN5O/c21-19-11(8-22)1-3-13-14(19)4-6-17(13)26-12-2-5-16(23)15(7-12)20(24)18-9-25-10-27-18/h1-3,5,7,9-10,17,24,26H,4,6,23H2. The summed E-state index contributed by atoms with van der Waals surface area (Å²) in [5.41, 5.74) is 9.45. The lowest BCUT2D eigenvalue weighted by molar-refractivity contribution is 0.548. The number of halogens is 1. The monoisotopic (exact) mass is 361 g/mol. The zero-order valence-corrected chi connectivity index (χ0v) is 14.3. The molecule has 0 saturated heterocycles. The molecule has 0 spiro atoms. The quantitative estimate of drug-likeness (QED) is 0.483. The maximum absolute atomic E-state index is 14.4. The van der Waals surface area contributed by atoms with E-state index >= 15 is 0 Å². The van der Waals surface area contributed by atoms with E-state index in [0.717, 1.165) is 17.7 Å². The van der Waals surface area contributed by atoms with Crippen LogP contribution in [0.3, 0.4) is 0 Å². The summed E-state index contributed by atoms with van der Waals surface area (Å²) in [5.74, 6) is -0.0967. The molecule has 0 amide bonds. The Labute approximate surface area is 155 Å². The minimum absolute atomic E-state index is 0.0711. The van der Waals surface area contributed by atoms with Crippen molar-refractivity contribution in [2.45, 2.75) is 18.9 Å². The van der Waals surface area contributed by atoms with Gasteiger partial charge in [0.15, 0.2) is 12.2 Å². The number of nitrogen functional groups attached to an aromatic ring is 1. The Morgan fingerprint density at radius 2 is 2.22 bits per heavy atom. The smallest absolute Gasteiger partial charge is 0.181 e. The summed E-state index contributed by atoms with van der Waals surface area (Å²) < 4.78 is 19.5. The van der Waals surface area contributed by atoms with Gasteiger partial charge in [-0.1, -0.05) is 6.07 Å². The molecule has 1 aromatic heterocycles. The first-order valence-electron chi connectivity index (χ1n) is 8.43. The SMILES string of the molecule is N#Cc1ccc2c(c1F)CCC2Nc1ccc(N)c(C(=N)c2cnco2)c1. The second-order valence-corrected chi connectivity index (χ2v) is 6.38. The van der Waals surface area contributed by atoms with E-state index in [1.54, 1.807) is 18.2 Å². The van der Waals surface area contributed by atoms with E-state index in [-0.39, 0.29) is 17.3 Å². The van der Waals surface area contributed by atoms with Crippen LogP contribution in [0.5, 0.6) is 0 Å². The highest BCUT2D eigenvalue weighted by atomic mass is 19.1. The van der Waals surface area contributed by atoms with Gasteiger partial charge in [0.2, 0.25) is 0 Å². The van der Waals surface area contributed by atoms with Crippen molar-refractivity contribution in [3.05, 3.63) is 76.8 Å². The summed E-state index contributed by atoms with van der Waals surface area (Å²) in [6, 6.07) is 10.4. The third-order valence-electron chi connectivity index (χ3n) is 4.80. The van der Waals surface area contributed by atoms with Gasteiger partial charge in [-0.05, 0) is 48.2 Å². The van der Waals surface area contributed by atoms with E-state index in [4.69, 9.17) is 20.8 Å². The third-order valence-corrected chi connectivity index (χ3v) is 4.80. The van der Waals surface area contributed by atoms with Crippen molar-refractivity contribution >= 4 is 17.1 Å². The number of nitrogens with two attached hydrogens (primary N) is 1. The topological polar surface area (TPSA) is 112 Å². The Morgan fingerprint density at radius 1 is 1.37 bits per heavy atom. The van der Waals surface area contributed by atoms with Crippen LogP contribution in [0.4, 0.5) is 15.8 Å². The van der Waals surface area contributed by atoms with Crippen LogP contribution in [0.2, 0.25) is 0 Å². The highest BCUT2D eigenvalue weighted by Crippen LogP contribution is 2.36. The molecular weight excluding hydrogens is 345 g/mol. The molecule has 134 valence electrons. The maximum atomic E-state index is 14.4. The summed E-state index contributed by atoms with van der Waals surface area (Å²) in [7, 11) is 0. The van der Waals surface area contributed by atoms with Crippen LogP contribution in [-0.4, -0.2) is 10.7 Å². The van der Waals surface area contributed by atoms with Crippen LogP contribution in [0.15, 0.2) is 47.3 Å². The first kappa shape index (κ1) is 16.8. The lowest BCUT2D eigenvalue weighted by Gasteiger charge is -2.17. The molecule has 6 nitrogen and oxygen atoms in total. The Kier molecular flexibility index (Phi) is 4.09. The van der Waals surface area contributed by atoms with Gasteiger partial charge >= 0.3 is 0 Å². The Bertz CT molecular complexity index is 1070. The molecule has 4 rings (SSSR count). The zero-order valence-electron chi connectivity index (χ0n) is 14.3. The normalized spacial score (nSPS) is 15.2. The van der Waals surface area contributed by atoms with Gasteiger partial charge in [0.1, 0.15) is 17.6 Å². The van der Waals surface area contributed by atoms with E-state index in [1.165, 1.54) is 18.7 Å². The van der Waals surface area contributed by atoms with Crippen molar-refractivity contribution < 1.29 is 8.81 Å². The second kappa shape index (κ2) is 6.57. The van der Waals surface area contributed by atoms with Gasteiger partial charge in [-0.15, -0.1) is 0 Å². The Balaban J connectivity index is 1.62. The second-order valence-electron chi connectivity index (χ2n) is 6.38. The van der Waals surface area contributed by atoms with Crippen molar-refractivity contribution in [3.63, 3.8) is 0 Å². The fraction of sp³-hybridized carbons (Fsp3) is 0.150. The highest BCUT2D eigenvalue weighted by Gasteiger charge is 2.26. The van der Waals surface area contributed by atoms with Gasteiger partial charge in [-0.25, -0.2) is 9.37 Å². The van der Waals surface area contributed by atoms with Gasteiger partial charge in [0.05, 0.1) is 17.8 Å². The van der Waals surface area contributed by atoms with E-state index in [9.17, 15) is 4.39 Å². The average molecular weight is 361 g/mol. The first-order chi connectivity index (χ1) is 13.1. The number of nitrogens with zero attached hydrogens (tertiary/aromatic N) is 2. The summed E-state index contributed by atoms with van der Waals surface area (Å²) in [5, 5.41) is 20.6. The highest BCUT2D eigenvalue weighted by molar-refractivity contribution is 6.12. The molecule has 0 radical (unpaired) electrons. The minimum atomic E-state index is -0.426. The van der Waals surface area contributed by atoms with Gasteiger partial charge in [-0.3, -0.25) is 5.41 Å². The van der Waals surface area contributed by atoms with Crippen LogP contribution in [-0.2, 0) is 6.42 Å². The summed E-state index contributed by atoms with van der Waals surface area (Å²) in [6.45, 7) is 0. The number of nitriles is 1. The Morgan fingerprint density at radius 3 is 2.96 bits per heavy atom. The molecule has 7 heteroatoms. The van der Waals surface area contributed by atoms with Crippen LogP contribution >= 0.6 is 0 Å². The largest absolute Gasteiger partial charge is 0.442 e. The lowest BCUT2D eigenvalue weighted by atomic mass is 10.0. The minimum Gasteiger partial charge on any atom is -0.442 e. The van der Waals surface area contributed by atoms with Crippen molar-refractivity contribution in [3.8, 4) is 6.07 Å². The number of rotatable bonds is 4. The van der Waals surface area contributed by atoms with Gasteiger partial charge < -0.3 is 15.5 Å². The fourth-order valence-electron chi connectivity index (χ4n) is 3.43. The average Bonchev–Trinajstić information content (AvgIpc) is 3.34. The number of oxazole rings is 1. The summed E-state index contributed by atoms with van der Waals surface area (Å²) in [4.78, 5) is 3.83. The molecule has 1 aliphatic rings. The van der Waals surface area contributed by atoms with Crippen molar-refractivity contribution in [2.75, 3.05) is 11.1 Å². The lowest BCUT2D eigenvalue weighted by Crippen LogP contribution is -2.10. The molecule has 1 atom stereocenters. The first-order valence-corrected chi connectivity index (χ1v) is 8.43. The van der Waals surface area contributed by atoms with Crippen molar-refractivity contribution in [1.82, 2.24) is 4.98 Å². The molecule has 3 aromatic rings. The van der Waals surface area contributed by atoms with Crippen LogP contribution < -0.4 is 11.1 Å². The number of benzene rings is 2. The molecule has 27 heavy (non-hydrogen) atoms. The van der Waals surface area contributed by atoms with Crippen molar-refractivity contribution in [1.29, 1.82) is 10.7 Å². The molecule has 1 heterocycles. The van der Waals surface area contributed by atoms with Crippen LogP contribution in [0, 0.1) is 22.6 Å². The number of hydrogen-bond donors (Lipinski definition) is 3. The molecule has 1 aliphatic carbocycles. The molecule has 1 unspecified atom stereocenters. The number of aromatic nitrogens is 1. The zero-order chi connectivity index (χ0) is 19.0. The number of nitrogens with one attached hydrogen (secondary N) is 2. The molecule has 2 aromatic carbocycles. The van der Waals surface area contributed by atoms with Gasteiger partial charge in [0.25, 0.3) is 0 Å². The summed E-state index contributed by atoms with van der Waals surface area (Å²) in [6.07, 6.45) is 4.02. The van der Waals surface area contributed by atoms with E-state index in [2.05, 4.69) is 10.3 Å². The molecule has 0 aliphatic heterocycles. The number of anilines is 2. The molecule has 0 saturated carbocycles. The van der Waals surface area contributed by atoms with Crippen LogP contribution in [0.25, 0.3) is 0 Å². The van der Waals surface area contributed by atoms with Gasteiger partial charge in [-0.2, -0.15) is 5.26 Å². The van der Waals surface area contributed by atoms with E-state index in [0.29, 0.717) is 29.0 Å². The number of hydrogen-bond acceptors (Lipinski definition) is 6. The molecule has 4 N–H and O–H groups in total. The predicted molar refractivity (Wildman–Crippen MR) is 99.1 cm³/mol.